The molecular weight excluding hydrogens is 254 g/mol. The van der Waals surface area contributed by atoms with E-state index in [-0.39, 0.29) is 0 Å². The lowest BCUT2D eigenvalue weighted by Gasteiger charge is -2.03. The Labute approximate surface area is 114 Å². The van der Waals surface area contributed by atoms with Crippen molar-refractivity contribution in [1.29, 1.82) is 5.26 Å². The van der Waals surface area contributed by atoms with Crippen LogP contribution in [0.15, 0.2) is 51.7 Å². The maximum absolute atomic E-state index is 11.9. The van der Waals surface area contributed by atoms with Crippen LogP contribution in [0.1, 0.15) is 11.1 Å². The molecule has 2 aromatic carbocycles. The first-order valence-electron chi connectivity index (χ1n) is 6.05. The van der Waals surface area contributed by atoms with Gasteiger partial charge in [0.15, 0.2) is 5.58 Å². The molecule has 0 amide bonds. The predicted molar refractivity (Wildman–Crippen MR) is 75.1 cm³/mol. The number of hydrogen-bond donors (Lipinski definition) is 1. The number of fused-ring (bicyclic) bond motifs is 1. The summed E-state index contributed by atoms with van der Waals surface area (Å²) >= 11 is 0. The second-order valence-electron chi connectivity index (χ2n) is 4.49. The van der Waals surface area contributed by atoms with Gasteiger partial charge in [0.25, 0.3) is 0 Å². The number of hydrogen-bond acceptors (Lipinski definition) is 4. The summed E-state index contributed by atoms with van der Waals surface area (Å²) in [4.78, 5) is 11.9. The smallest absolute Gasteiger partial charge is 0.408 e. The minimum atomic E-state index is -0.437. The van der Waals surface area contributed by atoms with Crippen LogP contribution >= 0.6 is 0 Å². The molecule has 20 heavy (non-hydrogen) atoms. The highest BCUT2D eigenvalue weighted by Crippen LogP contribution is 2.17. The van der Waals surface area contributed by atoms with E-state index in [1.807, 2.05) is 6.07 Å². The number of rotatable bonds is 2. The van der Waals surface area contributed by atoms with Gasteiger partial charge in [-0.15, -0.1) is 0 Å². The van der Waals surface area contributed by atoms with E-state index in [4.69, 9.17) is 15.4 Å². The third kappa shape index (κ3) is 2.04. The van der Waals surface area contributed by atoms with E-state index in [9.17, 15) is 4.79 Å². The summed E-state index contributed by atoms with van der Waals surface area (Å²) in [5, 5.41) is 8.89. The first-order valence-corrected chi connectivity index (χ1v) is 6.05. The summed E-state index contributed by atoms with van der Waals surface area (Å²) in [6.07, 6.45) is 0. The Morgan fingerprint density at radius 2 is 2.10 bits per heavy atom. The van der Waals surface area contributed by atoms with Crippen molar-refractivity contribution in [2.45, 2.75) is 6.54 Å². The van der Waals surface area contributed by atoms with Crippen molar-refractivity contribution in [3.8, 4) is 6.07 Å². The molecule has 0 unspecified atom stereocenters. The second-order valence-corrected chi connectivity index (χ2v) is 4.49. The largest absolute Gasteiger partial charge is 0.420 e. The molecule has 1 aromatic heterocycles. The number of nitrogens with zero attached hydrogens (tertiary/aromatic N) is 2. The third-order valence-electron chi connectivity index (χ3n) is 3.09. The highest BCUT2D eigenvalue weighted by atomic mass is 16.4. The van der Waals surface area contributed by atoms with Crippen molar-refractivity contribution in [2.75, 3.05) is 5.73 Å². The van der Waals surface area contributed by atoms with Crippen LogP contribution in [0.2, 0.25) is 0 Å². The van der Waals surface area contributed by atoms with Gasteiger partial charge in [0, 0.05) is 11.8 Å². The van der Waals surface area contributed by atoms with Crippen LogP contribution in [0, 0.1) is 11.3 Å². The lowest BCUT2D eigenvalue weighted by Crippen LogP contribution is -2.14. The van der Waals surface area contributed by atoms with Crippen molar-refractivity contribution in [3.05, 3.63) is 64.1 Å². The fourth-order valence-corrected chi connectivity index (χ4v) is 2.15. The van der Waals surface area contributed by atoms with Gasteiger partial charge in [-0.1, -0.05) is 12.1 Å². The molecule has 0 atom stereocenters. The second kappa shape index (κ2) is 4.59. The van der Waals surface area contributed by atoms with Crippen LogP contribution in [0.4, 0.5) is 5.69 Å². The SMILES string of the molecule is N#Cc1cccc(Cn2c(=O)oc3cc(N)ccc32)c1. The monoisotopic (exact) mass is 265 g/mol. The van der Waals surface area contributed by atoms with Crippen molar-refractivity contribution >= 4 is 16.8 Å². The molecule has 0 bridgehead atoms. The molecule has 0 radical (unpaired) electrons. The fraction of sp³-hybridized carbons (Fsp3) is 0.0667. The molecule has 3 aromatic rings. The Balaban J connectivity index is 2.09. The average Bonchev–Trinajstić information content (AvgIpc) is 2.74. The Bertz CT molecular complexity index is 884. The summed E-state index contributed by atoms with van der Waals surface area (Å²) in [5.41, 5.74) is 8.79. The van der Waals surface area contributed by atoms with Gasteiger partial charge in [-0.05, 0) is 29.8 Å². The van der Waals surface area contributed by atoms with Crippen LogP contribution < -0.4 is 11.5 Å². The Morgan fingerprint density at radius 1 is 1.25 bits per heavy atom. The molecule has 2 N–H and O–H groups in total. The number of nitrogens with two attached hydrogens (primary N) is 1. The summed E-state index contributed by atoms with van der Waals surface area (Å²) in [5.74, 6) is -0.437. The molecule has 0 aliphatic heterocycles. The van der Waals surface area contributed by atoms with Gasteiger partial charge in [-0.25, -0.2) is 4.79 Å². The molecule has 98 valence electrons. The molecule has 0 aliphatic rings. The zero-order valence-corrected chi connectivity index (χ0v) is 10.5. The van der Waals surface area contributed by atoms with E-state index < -0.39 is 5.76 Å². The van der Waals surface area contributed by atoms with Crippen LogP contribution in [0.5, 0.6) is 0 Å². The molecule has 1 heterocycles. The van der Waals surface area contributed by atoms with Crippen LogP contribution in [-0.4, -0.2) is 4.57 Å². The normalized spacial score (nSPS) is 10.6. The van der Waals surface area contributed by atoms with Crippen molar-refractivity contribution in [1.82, 2.24) is 4.57 Å². The summed E-state index contributed by atoms with van der Waals surface area (Å²) in [7, 11) is 0. The zero-order chi connectivity index (χ0) is 14.1. The Morgan fingerprint density at radius 3 is 2.90 bits per heavy atom. The standard InChI is InChI=1S/C15H11N3O2/c16-8-10-2-1-3-11(6-10)9-18-13-5-4-12(17)7-14(13)20-15(18)19/h1-7H,9,17H2. The number of nitriles is 1. The lowest BCUT2D eigenvalue weighted by molar-refractivity contribution is 0.518. The van der Waals surface area contributed by atoms with E-state index >= 15 is 0 Å². The van der Waals surface area contributed by atoms with Crippen molar-refractivity contribution in [2.24, 2.45) is 0 Å². The van der Waals surface area contributed by atoms with Crippen LogP contribution in [0.3, 0.4) is 0 Å². The highest BCUT2D eigenvalue weighted by Gasteiger charge is 2.10. The number of oxazole rings is 1. The number of benzene rings is 2. The first kappa shape index (κ1) is 12.1. The van der Waals surface area contributed by atoms with Crippen molar-refractivity contribution < 1.29 is 4.42 Å². The van der Waals surface area contributed by atoms with E-state index in [0.717, 1.165) is 5.56 Å². The topological polar surface area (TPSA) is 85.0 Å². The van der Waals surface area contributed by atoms with Gasteiger partial charge in [0.05, 0.1) is 23.7 Å². The predicted octanol–water partition coefficient (Wildman–Crippen LogP) is 2.10. The minimum Gasteiger partial charge on any atom is -0.408 e. The maximum atomic E-state index is 11.9. The number of aromatic nitrogens is 1. The molecule has 5 nitrogen and oxygen atoms in total. The van der Waals surface area contributed by atoms with Gasteiger partial charge in [0.2, 0.25) is 0 Å². The fourth-order valence-electron chi connectivity index (χ4n) is 2.15. The molecule has 3 rings (SSSR count). The maximum Gasteiger partial charge on any atom is 0.420 e. The van der Waals surface area contributed by atoms with Crippen molar-refractivity contribution in [3.63, 3.8) is 0 Å². The molecule has 0 fully saturated rings. The molecular formula is C15H11N3O2. The summed E-state index contributed by atoms with van der Waals surface area (Å²) in [6.45, 7) is 0.352. The van der Waals surface area contributed by atoms with Crippen LogP contribution in [0.25, 0.3) is 11.1 Å². The molecule has 0 saturated carbocycles. The van der Waals surface area contributed by atoms with Gasteiger partial charge in [-0.2, -0.15) is 5.26 Å². The number of nitrogen functional groups attached to an aromatic ring is 1. The van der Waals surface area contributed by atoms with E-state index in [2.05, 4.69) is 6.07 Å². The Kier molecular flexibility index (Phi) is 2.77. The zero-order valence-electron chi connectivity index (χ0n) is 10.5. The van der Waals surface area contributed by atoms with E-state index in [1.165, 1.54) is 4.57 Å². The molecule has 5 heteroatoms. The van der Waals surface area contributed by atoms with Gasteiger partial charge in [0.1, 0.15) is 0 Å². The third-order valence-corrected chi connectivity index (χ3v) is 3.09. The highest BCUT2D eigenvalue weighted by molar-refractivity contribution is 5.76. The van der Waals surface area contributed by atoms with E-state index in [1.54, 1.807) is 36.4 Å². The first-order chi connectivity index (χ1) is 9.67. The lowest BCUT2D eigenvalue weighted by atomic mass is 10.1. The van der Waals surface area contributed by atoms with Gasteiger partial charge >= 0.3 is 5.76 Å². The minimum absolute atomic E-state index is 0.352. The quantitative estimate of drug-likeness (QED) is 0.719. The summed E-state index contributed by atoms with van der Waals surface area (Å²) in [6, 6.07) is 14.3. The average molecular weight is 265 g/mol. The molecule has 0 saturated heterocycles. The van der Waals surface area contributed by atoms with Gasteiger partial charge < -0.3 is 10.2 Å². The summed E-state index contributed by atoms with van der Waals surface area (Å²) < 4.78 is 6.69. The molecule has 0 aliphatic carbocycles. The van der Waals surface area contributed by atoms with E-state index in [0.29, 0.717) is 28.9 Å². The van der Waals surface area contributed by atoms with Gasteiger partial charge in [-0.3, -0.25) is 4.57 Å². The number of anilines is 1. The Hall–Kier alpha value is -3.00. The van der Waals surface area contributed by atoms with Crippen LogP contribution in [-0.2, 0) is 6.54 Å². The molecule has 0 spiro atoms.